The SMILES string of the molecule is CCn1c(SCC(=O)Nc2ccc(Br)c(Cl)c2)nnc1[C@H](C)NC(=O)c1ccc(C)cc1. The highest BCUT2D eigenvalue weighted by molar-refractivity contribution is 9.10. The number of aryl methyl sites for hydroxylation is 1. The van der Waals surface area contributed by atoms with Gasteiger partial charge in [-0.25, -0.2) is 0 Å². The molecule has 32 heavy (non-hydrogen) atoms. The topological polar surface area (TPSA) is 88.9 Å². The number of nitrogens with zero attached hydrogens (tertiary/aromatic N) is 3. The molecule has 0 aliphatic heterocycles. The molecular formula is C22H23BrClN5O2S. The van der Waals surface area contributed by atoms with Gasteiger partial charge in [-0.3, -0.25) is 9.59 Å². The number of halogens is 2. The van der Waals surface area contributed by atoms with Crippen molar-refractivity contribution >= 4 is 56.8 Å². The molecule has 1 aromatic heterocycles. The van der Waals surface area contributed by atoms with Crippen molar-refractivity contribution in [2.24, 2.45) is 0 Å². The fourth-order valence-corrected chi connectivity index (χ4v) is 4.21. The summed E-state index contributed by atoms with van der Waals surface area (Å²) in [5.74, 6) is 0.442. The van der Waals surface area contributed by atoms with Crippen molar-refractivity contribution in [3.63, 3.8) is 0 Å². The van der Waals surface area contributed by atoms with Gasteiger partial charge in [-0.05, 0) is 67.0 Å². The predicted octanol–water partition coefficient (Wildman–Crippen LogP) is 5.24. The molecular weight excluding hydrogens is 514 g/mol. The first-order valence-electron chi connectivity index (χ1n) is 9.96. The van der Waals surface area contributed by atoms with E-state index in [2.05, 4.69) is 36.8 Å². The third kappa shape index (κ3) is 6.11. The fraction of sp³-hybridized carbons (Fsp3) is 0.273. The number of benzene rings is 2. The summed E-state index contributed by atoms with van der Waals surface area (Å²) in [4.78, 5) is 24.9. The van der Waals surface area contributed by atoms with E-state index in [1.54, 1.807) is 30.3 Å². The lowest BCUT2D eigenvalue weighted by Gasteiger charge is -2.15. The van der Waals surface area contributed by atoms with Crippen molar-refractivity contribution in [1.82, 2.24) is 20.1 Å². The van der Waals surface area contributed by atoms with Gasteiger partial charge in [0.05, 0.1) is 16.8 Å². The summed E-state index contributed by atoms with van der Waals surface area (Å²) in [6.45, 7) is 6.41. The smallest absolute Gasteiger partial charge is 0.251 e. The molecule has 3 aromatic rings. The van der Waals surface area contributed by atoms with E-state index in [0.29, 0.717) is 33.8 Å². The number of thioether (sulfide) groups is 1. The van der Waals surface area contributed by atoms with Gasteiger partial charge < -0.3 is 15.2 Å². The van der Waals surface area contributed by atoms with Crippen LogP contribution in [0.1, 0.15) is 41.6 Å². The van der Waals surface area contributed by atoms with Crippen LogP contribution in [0.25, 0.3) is 0 Å². The molecule has 0 bridgehead atoms. The molecule has 2 N–H and O–H groups in total. The minimum atomic E-state index is -0.343. The first-order valence-corrected chi connectivity index (χ1v) is 12.1. The summed E-state index contributed by atoms with van der Waals surface area (Å²) in [6.07, 6.45) is 0. The zero-order chi connectivity index (χ0) is 23.3. The Bertz CT molecular complexity index is 1120. The van der Waals surface area contributed by atoms with Gasteiger partial charge in [0.1, 0.15) is 0 Å². The number of carbonyl (C=O) groups excluding carboxylic acids is 2. The van der Waals surface area contributed by atoms with Gasteiger partial charge in [0.25, 0.3) is 5.91 Å². The summed E-state index contributed by atoms with van der Waals surface area (Å²) < 4.78 is 2.66. The van der Waals surface area contributed by atoms with Gasteiger partial charge in [0, 0.05) is 22.3 Å². The third-order valence-corrected chi connectivity index (χ3v) is 6.85. The standard InChI is InChI=1S/C22H23BrClN5O2S/c1-4-29-20(14(3)25-21(31)15-7-5-13(2)6-8-15)27-28-22(29)32-12-19(30)26-16-9-10-17(23)18(24)11-16/h5-11,14H,4,12H2,1-3H3,(H,25,31)(H,26,30)/t14-/m0/s1. The van der Waals surface area contributed by atoms with Crippen molar-refractivity contribution in [2.45, 2.75) is 38.5 Å². The average Bonchev–Trinajstić information content (AvgIpc) is 3.18. The van der Waals surface area contributed by atoms with Crippen LogP contribution in [0.2, 0.25) is 5.02 Å². The lowest BCUT2D eigenvalue weighted by atomic mass is 10.1. The maximum absolute atomic E-state index is 12.5. The molecule has 0 fully saturated rings. The van der Waals surface area contributed by atoms with Crippen LogP contribution in [0.3, 0.4) is 0 Å². The number of amides is 2. The lowest BCUT2D eigenvalue weighted by Crippen LogP contribution is -2.28. The average molecular weight is 537 g/mol. The van der Waals surface area contributed by atoms with Crippen LogP contribution in [0.15, 0.2) is 52.1 Å². The normalized spacial score (nSPS) is 11.8. The van der Waals surface area contributed by atoms with E-state index in [9.17, 15) is 9.59 Å². The second-order valence-corrected chi connectivity index (χ2v) is 9.32. The van der Waals surface area contributed by atoms with Gasteiger partial charge >= 0.3 is 0 Å². The van der Waals surface area contributed by atoms with E-state index in [-0.39, 0.29) is 23.6 Å². The van der Waals surface area contributed by atoms with E-state index >= 15 is 0 Å². The van der Waals surface area contributed by atoms with Crippen molar-refractivity contribution in [2.75, 3.05) is 11.1 Å². The molecule has 0 unspecified atom stereocenters. The van der Waals surface area contributed by atoms with E-state index < -0.39 is 0 Å². The molecule has 168 valence electrons. The molecule has 0 radical (unpaired) electrons. The fourth-order valence-electron chi connectivity index (χ4n) is 2.97. The maximum atomic E-state index is 12.5. The van der Waals surface area contributed by atoms with Gasteiger partial charge in [-0.2, -0.15) is 0 Å². The maximum Gasteiger partial charge on any atom is 0.251 e. The van der Waals surface area contributed by atoms with Crippen LogP contribution >= 0.6 is 39.3 Å². The number of hydrogen-bond acceptors (Lipinski definition) is 5. The largest absolute Gasteiger partial charge is 0.342 e. The minimum absolute atomic E-state index is 0.163. The molecule has 0 saturated heterocycles. The summed E-state index contributed by atoms with van der Waals surface area (Å²) in [7, 11) is 0. The van der Waals surface area contributed by atoms with E-state index in [4.69, 9.17) is 11.6 Å². The van der Waals surface area contributed by atoms with Crippen LogP contribution in [-0.2, 0) is 11.3 Å². The van der Waals surface area contributed by atoms with E-state index in [0.717, 1.165) is 10.0 Å². The zero-order valence-corrected chi connectivity index (χ0v) is 21.0. The summed E-state index contributed by atoms with van der Waals surface area (Å²) in [5.41, 5.74) is 2.30. The Kier molecular flexibility index (Phi) is 8.33. The second-order valence-electron chi connectivity index (χ2n) is 7.11. The molecule has 10 heteroatoms. The van der Waals surface area contributed by atoms with Crippen molar-refractivity contribution in [3.05, 3.63) is 68.9 Å². The predicted molar refractivity (Wildman–Crippen MR) is 131 cm³/mol. The van der Waals surface area contributed by atoms with Crippen LogP contribution in [0.5, 0.6) is 0 Å². The Labute approximate surface area is 204 Å². The molecule has 2 aromatic carbocycles. The monoisotopic (exact) mass is 535 g/mol. The number of carbonyl (C=O) groups is 2. The van der Waals surface area contributed by atoms with Crippen LogP contribution < -0.4 is 10.6 Å². The van der Waals surface area contributed by atoms with Gasteiger partial charge in [-0.1, -0.05) is 41.1 Å². The Morgan fingerprint density at radius 2 is 1.91 bits per heavy atom. The van der Waals surface area contributed by atoms with Gasteiger partial charge in [0.15, 0.2) is 11.0 Å². The molecule has 0 spiro atoms. The highest BCUT2D eigenvalue weighted by Crippen LogP contribution is 2.26. The first kappa shape index (κ1) is 24.3. The first-order chi connectivity index (χ1) is 15.3. The summed E-state index contributed by atoms with van der Waals surface area (Å²) >= 11 is 10.7. The van der Waals surface area contributed by atoms with Crippen molar-refractivity contribution in [1.29, 1.82) is 0 Å². The van der Waals surface area contributed by atoms with E-state index in [1.807, 2.05) is 37.5 Å². The Balaban J connectivity index is 1.62. The number of anilines is 1. The number of nitrogens with one attached hydrogen (secondary N) is 2. The van der Waals surface area contributed by atoms with Crippen LogP contribution in [-0.4, -0.2) is 32.3 Å². The summed E-state index contributed by atoms with van der Waals surface area (Å²) in [6, 6.07) is 12.3. The van der Waals surface area contributed by atoms with E-state index in [1.165, 1.54) is 11.8 Å². The minimum Gasteiger partial charge on any atom is -0.342 e. The van der Waals surface area contributed by atoms with Crippen molar-refractivity contribution < 1.29 is 9.59 Å². The van der Waals surface area contributed by atoms with Gasteiger partial charge in [-0.15, -0.1) is 10.2 Å². The molecule has 1 atom stereocenters. The highest BCUT2D eigenvalue weighted by Gasteiger charge is 2.20. The molecule has 3 rings (SSSR count). The van der Waals surface area contributed by atoms with Crippen LogP contribution in [0, 0.1) is 6.92 Å². The Hall–Kier alpha value is -2.36. The van der Waals surface area contributed by atoms with Gasteiger partial charge in [0.2, 0.25) is 5.91 Å². The molecule has 7 nitrogen and oxygen atoms in total. The number of hydrogen-bond donors (Lipinski definition) is 2. The Morgan fingerprint density at radius 3 is 2.56 bits per heavy atom. The Morgan fingerprint density at radius 1 is 1.19 bits per heavy atom. The quantitative estimate of drug-likeness (QED) is 0.384. The lowest BCUT2D eigenvalue weighted by molar-refractivity contribution is -0.113. The highest BCUT2D eigenvalue weighted by atomic mass is 79.9. The van der Waals surface area contributed by atoms with Crippen LogP contribution in [0.4, 0.5) is 5.69 Å². The third-order valence-electron chi connectivity index (χ3n) is 4.65. The molecule has 2 amide bonds. The zero-order valence-electron chi connectivity index (χ0n) is 17.9. The molecule has 1 heterocycles. The molecule has 0 saturated carbocycles. The molecule has 0 aliphatic carbocycles. The summed E-state index contributed by atoms with van der Waals surface area (Å²) in [5, 5.41) is 15.4. The second kappa shape index (κ2) is 11.0. The molecule has 0 aliphatic rings. The number of aromatic nitrogens is 3. The number of rotatable bonds is 8. The van der Waals surface area contributed by atoms with Crippen molar-refractivity contribution in [3.8, 4) is 0 Å².